The number of Topliss-reactive ketones (excluding diaryl/α,β-unsaturated/α-hetero) is 1. The van der Waals surface area contributed by atoms with Gasteiger partial charge in [0.25, 0.3) is 0 Å². The maximum absolute atomic E-state index is 13.6. The lowest BCUT2D eigenvalue weighted by Crippen LogP contribution is -2.28. The number of carbonyl (C=O) groups excluding carboxylic acids is 1. The third kappa shape index (κ3) is 7.46. The molecule has 0 aromatic heterocycles. The van der Waals surface area contributed by atoms with Crippen LogP contribution in [-0.2, 0) is 27.5 Å². The number of unbranched alkanes of at least 4 members (excludes halogenated alkanes) is 2. The molecule has 5 nitrogen and oxygen atoms in total. The van der Waals surface area contributed by atoms with Gasteiger partial charge in [0.1, 0.15) is 22.2 Å². The van der Waals surface area contributed by atoms with Gasteiger partial charge in [-0.2, -0.15) is 0 Å². The van der Waals surface area contributed by atoms with Crippen LogP contribution >= 0.6 is 0 Å². The molecule has 0 radical (unpaired) electrons. The van der Waals surface area contributed by atoms with Gasteiger partial charge in [-0.15, -0.1) is 0 Å². The zero-order chi connectivity index (χ0) is 24.6. The summed E-state index contributed by atoms with van der Waals surface area (Å²) >= 11 is 0. The highest BCUT2D eigenvalue weighted by Gasteiger charge is 2.36. The summed E-state index contributed by atoms with van der Waals surface area (Å²) in [5.41, 5.74) is 3.11. The van der Waals surface area contributed by atoms with Gasteiger partial charge in [-0.05, 0) is 77.3 Å². The van der Waals surface area contributed by atoms with Crippen molar-refractivity contribution in [3.63, 3.8) is 0 Å². The number of benzene rings is 1. The average molecular weight is 477 g/mol. The molecule has 0 amide bonds. The van der Waals surface area contributed by atoms with Crippen LogP contribution in [0.5, 0.6) is 11.5 Å². The van der Waals surface area contributed by atoms with Crippen molar-refractivity contribution in [2.75, 3.05) is 0 Å². The molecule has 2 N–H and O–H groups in total. The van der Waals surface area contributed by atoms with Crippen LogP contribution in [0, 0.1) is 0 Å². The Hall–Kier alpha value is -2.08. The van der Waals surface area contributed by atoms with E-state index >= 15 is 0 Å². The average Bonchev–Trinajstić information content (AvgIpc) is 2.73. The van der Waals surface area contributed by atoms with Crippen molar-refractivity contribution in [2.45, 2.75) is 108 Å². The third-order valence-electron chi connectivity index (χ3n) is 6.42. The van der Waals surface area contributed by atoms with Gasteiger partial charge >= 0.3 is 0 Å². The van der Waals surface area contributed by atoms with Crippen molar-refractivity contribution in [3.8, 4) is 11.5 Å². The van der Waals surface area contributed by atoms with Crippen LogP contribution < -0.4 is 0 Å². The number of hydrogen-bond donors (Lipinski definition) is 2. The lowest BCUT2D eigenvalue weighted by atomic mass is 9.99. The molecule has 1 aliphatic carbocycles. The maximum atomic E-state index is 13.6. The van der Waals surface area contributed by atoms with E-state index in [0.717, 1.165) is 37.7 Å². The summed E-state index contributed by atoms with van der Waals surface area (Å²) in [7, 11) is -3.83. The van der Waals surface area contributed by atoms with Gasteiger partial charge in [0, 0.05) is 18.4 Å². The van der Waals surface area contributed by atoms with E-state index in [9.17, 15) is 23.4 Å². The molecular weight excluding hydrogens is 436 g/mol. The molecular formula is C27H40O5S. The van der Waals surface area contributed by atoms with E-state index in [4.69, 9.17) is 0 Å². The second-order valence-electron chi connectivity index (χ2n) is 9.53. The van der Waals surface area contributed by atoms with Gasteiger partial charge in [0.05, 0.1) is 5.25 Å². The Balaban J connectivity index is 2.42. The van der Waals surface area contributed by atoms with Gasteiger partial charge in [-0.1, -0.05) is 43.1 Å². The largest absolute Gasteiger partial charge is 0.508 e. The number of hydrogen-bond acceptors (Lipinski definition) is 5. The molecule has 0 saturated heterocycles. The Bertz CT molecular complexity index is 988. The number of sulfone groups is 1. The standard InChI is InChI=1S/C27H40O5S/c1-5-6-7-11-21-18-25(29)24(17-12-20(4)10-8-9-19(2)3)26(30)27(21)33(31,32)23-15-13-22(28)14-16-23/h9,12,18,23,29-30H,5-8,10-11,13-17H2,1-4H3/b20-12+. The first-order valence-corrected chi connectivity index (χ1v) is 13.7. The quantitative estimate of drug-likeness (QED) is 0.287. The van der Waals surface area contributed by atoms with Gasteiger partial charge in [-0.25, -0.2) is 8.42 Å². The van der Waals surface area contributed by atoms with Crippen molar-refractivity contribution in [2.24, 2.45) is 0 Å². The summed E-state index contributed by atoms with van der Waals surface area (Å²) in [5.74, 6) is -0.300. The third-order valence-corrected chi connectivity index (χ3v) is 8.80. The second-order valence-corrected chi connectivity index (χ2v) is 11.7. The summed E-state index contributed by atoms with van der Waals surface area (Å²) in [6.45, 7) is 8.19. The lowest BCUT2D eigenvalue weighted by Gasteiger charge is -2.24. The number of allylic oxidation sites excluding steroid dienone is 4. The lowest BCUT2D eigenvalue weighted by molar-refractivity contribution is -0.120. The van der Waals surface area contributed by atoms with Crippen molar-refractivity contribution >= 4 is 15.6 Å². The SMILES string of the molecule is CCCCCc1cc(O)c(C/C=C(\C)CCC=C(C)C)c(O)c1S(=O)(=O)C1CCC(=O)CC1. The van der Waals surface area contributed by atoms with Crippen molar-refractivity contribution < 1.29 is 23.4 Å². The fourth-order valence-corrected chi connectivity index (χ4v) is 6.46. The molecule has 33 heavy (non-hydrogen) atoms. The van der Waals surface area contributed by atoms with Gasteiger partial charge in [0.15, 0.2) is 9.84 Å². The molecule has 6 heteroatoms. The summed E-state index contributed by atoms with van der Waals surface area (Å²) < 4.78 is 27.2. The minimum atomic E-state index is -3.83. The molecule has 1 fully saturated rings. The summed E-state index contributed by atoms with van der Waals surface area (Å²) in [6, 6.07) is 1.53. The van der Waals surface area contributed by atoms with E-state index in [2.05, 4.69) is 26.8 Å². The van der Waals surface area contributed by atoms with Gasteiger partial charge < -0.3 is 10.2 Å². The molecule has 1 saturated carbocycles. The molecule has 2 rings (SSSR count). The van der Waals surface area contributed by atoms with E-state index in [1.54, 1.807) is 0 Å². The minimum absolute atomic E-state index is 0.0404. The van der Waals surface area contributed by atoms with Gasteiger partial charge in [0.2, 0.25) is 0 Å². The first-order valence-electron chi connectivity index (χ1n) is 12.2. The predicted octanol–water partition coefficient (Wildman–Crippen LogP) is 6.35. The van der Waals surface area contributed by atoms with E-state index in [-0.39, 0.29) is 59.8 Å². The van der Waals surface area contributed by atoms with Crippen LogP contribution in [0.3, 0.4) is 0 Å². The Labute approximate surface area is 199 Å². The van der Waals surface area contributed by atoms with Crippen LogP contribution in [-0.4, -0.2) is 29.7 Å². The first-order chi connectivity index (χ1) is 15.6. The van der Waals surface area contributed by atoms with Crippen molar-refractivity contribution in [1.29, 1.82) is 0 Å². The predicted molar refractivity (Wildman–Crippen MR) is 134 cm³/mol. The second kappa shape index (κ2) is 12.4. The van der Waals surface area contributed by atoms with E-state index < -0.39 is 15.1 Å². The Morgan fingerprint density at radius 2 is 1.76 bits per heavy atom. The number of aryl methyl sites for hydroxylation is 1. The molecule has 1 aliphatic rings. The molecule has 0 heterocycles. The van der Waals surface area contributed by atoms with E-state index in [0.29, 0.717) is 12.0 Å². The Kier molecular flexibility index (Phi) is 10.2. The molecule has 0 spiro atoms. The highest BCUT2D eigenvalue weighted by Crippen LogP contribution is 2.41. The number of carbonyl (C=O) groups is 1. The zero-order valence-electron chi connectivity index (χ0n) is 20.6. The summed E-state index contributed by atoms with van der Waals surface area (Å²) in [6.07, 6.45) is 10.4. The monoisotopic (exact) mass is 476 g/mol. The van der Waals surface area contributed by atoms with E-state index in [1.807, 2.05) is 13.0 Å². The smallest absolute Gasteiger partial charge is 0.185 e. The molecule has 1 aromatic carbocycles. The van der Waals surface area contributed by atoms with Crippen LogP contribution in [0.1, 0.15) is 96.6 Å². The highest BCUT2D eigenvalue weighted by atomic mass is 32.2. The van der Waals surface area contributed by atoms with Crippen molar-refractivity contribution in [3.05, 3.63) is 40.5 Å². The van der Waals surface area contributed by atoms with Crippen molar-refractivity contribution in [1.82, 2.24) is 0 Å². The molecule has 0 unspecified atom stereocenters. The molecule has 0 bridgehead atoms. The normalized spacial score (nSPS) is 15.6. The number of aromatic hydroxyl groups is 2. The Morgan fingerprint density at radius 1 is 1.09 bits per heavy atom. The highest BCUT2D eigenvalue weighted by molar-refractivity contribution is 7.92. The molecule has 184 valence electrons. The van der Waals surface area contributed by atoms with Gasteiger partial charge in [-0.3, -0.25) is 4.79 Å². The maximum Gasteiger partial charge on any atom is 0.185 e. The fraction of sp³-hybridized carbons (Fsp3) is 0.593. The molecule has 0 aliphatic heterocycles. The topological polar surface area (TPSA) is 91.7 Å². The first kappa shape index (κ1) is 27.2. The van der Waals surface area contributed by atoms with Crippen LogP contribution in [0.4, 0.5) is 0 Å². The summed E-state index contributed by atoms with van der Waals surface area (Å²) in [5, 5.41) is 21.2. The van der Waals surface area contributed by atoms with Crippen LogP contribution in [0.15, 0.2) is 34.3 Å². The minimum Gasteiger partial charge on any atom is -0.508 e. The molecule has 1 aromatic rings. The summed E-state index contributed by atoms with van der Waals surface area (Å²) in [4.78, 5) is 11.6. The number of phenols is 2. The number of rotatable bonds is 11. The zero-order valence-corrected chi connectivity index (χ0v) is 21.4. The number of ketones is 1. The number of phenolic OH excluding ortho intramolecular Hbond substituents is 2. The molecule has 0 atom stereocenters. The van der Waals surface area contributed by atoms with Crippen LogP contribution in [0.25, 0.3) is 0 Å². The van der Waals surface area contributed by atoms with E-state index in [1.165, 1.54) is 11.6 Å². The Morgan fingerprint density at radius 3 is 2.36 bits per heavy atom. The van der Waals surface area contributed by atoms with Crippen LogP contribution in [0.2, 0.25) is 0 Å². The fourth-order valence-electron chi connectivity index (χ4n) is 4.36.